The molecule has 1 aliphatic rings. The van der Waals surface area contributed by atoms with Crippen LogP contribution in [-0.2, 0) is 4.74 Å². The van der Waals surface area contributed by atoms with Crippen molar-refractivity contribution >= 4 is 6.09 Å². The Hall–Kier alpha value is -3.35. The lowest BCUT2D eigenvalue weighted by molar-refractivity contribution is 0.132. The quantitative estimate of drug-likeness (QED) is 0.795. The Morgan fingerprint density at radius 2 is 1.84 bits per heavy atom. The van der Waals surface area contributed by atoms with Crippen molar-refractivity contribution < 1.29 is 13.9 Å². The summed E-state index contributed by atoms with van der Waals surface area (Å²) in [6.07, 6.45) is 7.09. The standard InChI is InChI=1S/C18H13FN4O2/c19-14-3-1-11(2-4-14)17-16(23-18(24)25-17)13-7-12(8-21-9-13)15-10-20-5-6-22-15/h1-10,16-17H,(H,23,24)/t16-,17-/m1/s1. The number of cyclic esters (lactones) is 1. The van der Waals surface area contributed by atoms with Gasteiger partial charge in [0.15, 0.2) is 6.10 Å². The van der Waals surface area contributed by atoms with Gasteiger partial charge in [-0.25, -0.2) is 9.18 Å². The molecule has 7 heteroatoms. The van der Waals surface area contributed by atoms with Crippen molar-refractivity contribution in [3.63, 3.8) is 0 Å². The van der Waals surface area contributed by atoms with Gasteiger partial charge in [-0.1, -0.05) is 12.1 Å². The number of aromatic nitrogens is 3. The third-order valence-electron chi connectivity index (χ3n) is 3.99. The predicted octanol–water partition coefficient (Wildman–Crippen LogP) is 3.20. The van der Waals surface area contributed by atoms with Crippen LogP contribution in [0.1, 0.15) is 23.3 Å². The lowest BCUT2D eigenvalue weighted by atomic mass is 9.96. The van der Waals surface area contributed by atoms with Crippen molar-refractivity contribution in [1.82, 2.24) is 20.3 Å². The fraction of sp³-hybridized carbons (Fsp3) is 0.111. The summed E-state index contributed by atoms with van der Waals surface area (Å²) in [4.78, 5) is 24.3. The Morgan fingerprint density at radius 1 is 1.00 bits per heavy atom. The van der Waals surface area contributed by atoms with Crippen molar-refractivity contribution in [2.24, 2.45) is 0 Å². The molecule has 2 aromatic heterocycles. The number of alkyl carbamates (subject to hydrolysis) is 1. The molecule has 4 rings (SSSR count). The van der Waals surface area contributed by atoms with Crippen LogP contribution in [0.5, 0.6) is 0 Å². The highest BCUT2D eigenvalue weighted by molar-refractivity contribution is 5.71. The van der Waals surface area contributed by atoms with E-state index >= 15 is 0 Å². The van der Waals surface area contributed by atoms with Crippen LogP contribution in [-0.4, -0.2) is 21.0 Å². The molecule has 2 atom stereocenters. The fourth-order valence-electron chi connectivity index (χ4n) is 2.81. The molecular formula is C18H13FN4O2. The van der Waals surface area contributed by atoms with Gasteiger partial charge in [0, 0.05) is 30.4 Å². The van der Waals surface area contributed by atoms with E-state index in [1.165, 1.54) is 12.1 Å². The van der Waals surface area contributed by atoms with Crippen molar-refractivity contribution in [3.05, 3.63) is 78.3 Å². The van der Waals surface area contributed by atoms with Crippen LogP contribution in [0.15, 0.2) is 61.3 Å². The smallest absolute Gasteiger partial charge is 0.408 e. The Bertz CT molecular complexity index is 902. The normalized spacial score (nSPS) is 19.3. The first-order valence-electron chi connectivity index (χ1n) is 7.64. The Kier molecular flexibility index (Phi) is 3.81. The van der Waals surface area contributed by atoms with Crippen LogP contribution < -0.4 is 5.32 Å². The summed E-state index contributed by atoms with van der Waals surface area (Å²) in [6.45, 7) is 0. The first-order chi connectivity index (χ1) is 12.2. The highest BCUT2D eigenvalue weighted by Gasteiger charge is 2.36. The molecule has 1 aliphatic heterocycles. The molecule has 1 fully saturated rings. The minimum Gasteiger partial charge on any atom is -0.439 e. The van der Waals surface area contributed by atoms with Gasteiger partial charge in [0.25, 0.3) is 0 Å². The van der Waals surface area contributed by atoms with E-state index in [4.69, 9.17) is 4.74 Å². The number of nitrogens with zero attached hydrogens (tertiary/aromatic N) is 3. The summed E-state index contributed by atoms with van der Waals surface area (Å²) in [5, 5.41) is 2.78. The van der Waals surface area contributed by atoms with Crippen LogP contribution in [0.3, 0.4) is 0 Å². The molecule has 0 bridgehead atoms. The first-order valence-corrected chi connectivity index (χ1v) is 7.64. The average molecular weight is 336 g/mol. The Balaban J connectivity index is 1.70. The lowest BCUT2D eigenvalue weighted by Crippen LogP contribution is -2.19. The summed E-state index contributed by atoms with van der Waals surface area (Å²) in [5.41, 5.74) is 2.93. The van der Waals surface area contributed by atoms with E-state index in [-0.39, 0.29) is 5.82 Å². The van der Waals surface area contributed by atoms with Crippen LogP contribution in [0, 0.1) is 5.82 Å². The van der Waals surface area contributed by atoms with Gasteiger partial charge in [-0.3, -0.25) is 15.0 Å². The van der Waals surface area contributed by atoms with Gasteiger partial charge in [-0.2, -0.15) is 0 Å². The topological polar surface area (TPSA) is 77.0 Å². The molecular weight excluding hydrogens is 323 g/mol. The summed E-state index contributed by atoms with van der Waals surface area (Å²) in [7, 11) is 0. The second-order valence-corrected chi connectivity index (χ2v) is 5.60. The molecule has 1 amide bonds. The maximum Gasteiger partial charge on any atom is 0.408 e. The molecule has 3 aromatic rings. The zero-order valence-corrected chi connectivity index (χ0v) is 13.0. The summed E-state index contributed by atoms with van der Waals surface area (Å²) in [5.74, 6) is -0.344. The van der Waals surface area contributed by atoms with E-state index in [1.807, 2.05) is 6.07 Å². The van der Waals surface area contributed by atoms with E-state index in [9.17, 15) is 9.18 Å². The third-order valence-corrected chi connectivity index (χ3v) is 3.99. The monoisotopic (exact) mass is 336 g/mol. The van der Waals surface area contributed by atoms with Crippen molar-refractivity contribution in [1.29, 1.82) is 0 Å². The molecule has 0 spiro atoms. The van der Waals surface area contributed by atoms with Crippen LogP contribution in [0.25, 0.3) is 11.3 Å². The second kappa shape index (κ2) is 6.27. The second-order valence-electron chi connectivity index (χ2n) is 5.60. The molecule has 0 unspecified atom stereocenters. The van der Waals surface area contributed by atoms with Crippen LogP contribution in [0.4, 0.5) is 9.18 Å². The van der Waals surface area contributed by atoms with Gasteiger partial charge in [0.05, 0.1) is 11.9 Å². The number of benzene rings is 1. The average Bonchev–Trinajstić information content (AvgIpc) is 3.05. The van der Waals surface area contributed by atoms with E-state index in [2.05, 4.69) is 20.3 Å². The molecule has 0 radical (unpaired) electrons. The van der Waals surface area contributed by atoms with Gasteiger partial charge >= 0.3 is 6.09 Å². The molecule has 1 saturated heterocycles. The molecule has 1 N–H and O–H groups in total. The number of nitrogens with one attached hydrogen (secondary N) is 1. The lowest BCUT2D eigenvalue weighted by Gasteiger charge is -2.18. The number of pyridine rings is 1. The molecule has 25 heavy (non-hydrogen) atoms. The number of carbonyl (C=O) groups is 1. The Labute approximate surface area is 142 Å². The number of halogens is 1. The minimum absolute atomic E-state index is 0.344. The van der Waals surface area contributed by atoms with Crippen molar-refractivity contribution in [3.8, 4) is 11.3 Å². The molecule has 3 heterocycles. The summed E-state index contributed by atoms with van der Waals surface area (Å²) in [6, 6.07) is 7.34. The van der Waals surface area contributed by atoms with Gasteiger partial charge in [-0.15, -0.1) is 0 Å². The van der Waals surface area contributed by atoms with Crippen molar-refractivity contribution in [2.75, 3.05) is 0 Å². The molecule has 124 valence electrons. The predicted molar refractivity (Wildman–Crippen MR) is 86.8 cm³/mol. The van der Waals surface area contributed by atoms with E-state index < -0.39 is 18.2 Å². The molecule has 0 saturated carbocycles. The fourth-order valence-corrected chi connectivity index (χ4v) is 2.81. The molecule has 0 aliphatic carbocycles. The number of ether oxygens (including phenoxy) is 1. The molecule has 6 nitrogen and oxygen atoms in total. The number of hydrogen-bond donors (Lipinski definition) is 1. The van der Waals surface area contributed by atoms with Gasteiger partial charge in [0.2, 0.25) is 0 Å². The van der Waals surface area contributed by atoms with E-state index in [0.717, 1.165) is 11.1 Å². The minimum atomic E-state index is -0.563. The van der Waals surface area contributed by atoms with Gasteiger partial charge < -0.3 is 10.1 Å². The third kappa shape index (κ3) is 3.03. The number of amides is 1. The zero-order valence-electron chi connectivity index (χ0n) is 13.0. The number of carbonyl (C=O) groups excluding carboxylic acids is 1. The zero-order chi connectivity index (χ0) is 17.2. The van der Waals surface area contributed by atoms with Crippen LogP contribution >= 0.6 is 0 Å². The number of rotatable bonds is 3. The first kappa shape index (κ1) is 15.2. The van der Waals surface area contributed by atoms with E-state index in [0.29, 0.717) is 11.3 Å². The number of hydrogen-bond acceptors (Lipinski definition) is 5. The van der Waals surface area contributed by atoms with Gasteiger partial charge in [0.1, 0.15) is 11.9 Å². The largest absolute Gasteiger partial charge is 0.439 e. The highest BCUT2D eigenvalue weighted by Crippen LogP contribution is 2.37. The summed E-state index contributed by atoms with van der Waals surface area (Å²) >= 11 is 0. The van der Waals surface area contributed by atoms with Gasteiger partial charge in [-0.05, 0) is 29.3 Å². The maximum absolute atomic E-state index is 13.2. The van der Waals surface area contributed by atoms with E-state index in [1.54, 1.807) is 43.1 Å². The highest BCUT2D eigenvalue weighted by atomic mass is 19.1. The van der Waals surface area contributed by atoms with Crippen LogP contribution in [0.2, 0.25) is 0 Å². The molecule has 1 aromatic carbocycles. The SMILES string of the molecule is O=C1N[C@H](c2cncc(-c3cnccn3)c2)[C@@H](c2ccc(F)cc2)O1. The Morgan fingerprint density at radius 3 is 2.60 bits per heavy atom. The summed E-state index contributed by atoms with van der Waals surface area (Å²) < 4.78 is 18.5. The maximum atomic E-state index is 13.2. The van der Waals surface area contributed by atoms with Crippen molar-refractivity contribution in [2.45, 2.75) is 12.1 Å².